The molecule has 6 heteroatoms. The Morgan fingerprint density at radius 2 is 1.96 bits per heavy atom. The fourth-order valence-corrected chi connectivity index (χ4v) is 4.96. The second-order valence-electron chi connectivity index (χ2n) is 7.10. The molecule has 1 atom stereocenters. The van der Waals surface area contributed by atoms with Gasteiger partial charge >= 0.3 is 0 Å². The first-order valence-corrected chi connectivity index (χ1v) is 9.70. The molecular formula is C17H20N4S2. The number of benzene rings is 1. The maximum Gasteiger partial charge on any atom is 0.234 e. The molecule has 1 saturated heterocycles. The summed E-state index contributed by atoms with van der Waals surface area (Å²) in [5.41, 5.74) is 2.94. The fraction of sp³-hybridized carbons (Fsp3) is 0.471. The summed E-state index contributed by atoms with van der Waals surface area (Å²) in [6.45, 7) is 7.43. The van der Waals surface area contributed by atoms with Crippen LogP contribution in [0.5, 0.6) is 0 Å². The van der Waals surface area contributed by atoms with Gasteiger partial charge in [0.1, 0.15) is 5.01 Å². The molecule has 2 aromatic rings. The molecule has 4 nitrogen and oxygen atoms in total. The van der Waals surface area contributed by atoms with Gasteiger partial charge < -0.3 is 4.90 Å². The van der Waals surface area contributed by atoms with Crippen LogP contribution in [0, 0.1) is 0 Å². The SMILES string of the molecule is CC(C)(C)c1nnc(/N=C2\SC[C@@H]3Cc4ccccc4CN23)s1. The lowest BCUT2D eigenvalue weighted by atomic mass is 9.95. The van der Waals surface area contributed by atoms with E-state index in [2.05, 4.69) is 60.1 Å². The zero-order valence-electron chi connectivity index (χ0n) is 13.6. The van der Waals surface area contributed by atoms with Gasteiger partial charge in [0.2, 0.25) is 5.13 Å². The molecule has 120 valence electrons. The lowest BCUT2D eigenvalue weighted by Gasteiger charge is -2.32. The summed E-state index contributed by atoms with van der Waals surface area (Å²) in [5, 5.41) is 11.5. The number of aromatic nitrogens is 2. The van der Waals surface area contributed by atoms with Crippen LogP contribution in [0.3, 0.4) is 0 Å². The van der Waals surface area contributed by atoms with E-state index in [-0.39, 0.29) is 5.41 Å². The largest absolute Gasteiger partial charge is 0.343 e. The van der Waals surface area contributed by atoms with Crippen molar-refractivity contribution in [1.82, 2.24) is 15.1 Å². The normalized spacial score (nSPS) is 22.3. The molecule has 0 spiro atoms. The Kier molecular flexibility index (Phi) is 3.69. The van der Waals surface area contributed by atoms with Crippen molar-refractivity contribution in [1.29, 1.82) is 0 Å². The molecule has 0 bridgehead atoms. The van der Waals surface area contributed by atoms with Gasteiger partial charge in [-0.15, -0.1) is 10.2 Å². The van der Waals surface area contributed by atoms with E-state index >= 15 is 0 Å². The lowest BCUT2D eigenvalue weighted by molar-refractivity contribution is 0.320. The summed E-state index contributed by atoms with van der Waals surface area (Å²) in [4.78, 5) is 7.24. The van der Waals surface area contributed by atoms with Gasteiger partial charge in [-0.1, -0.05) is 68.1 Å². The monoisotopic (exact) mass is 344 g/mol. The van der Waals surface area contributed by atoms with E-state index in [0.717, 1.165) is 34.0 Å². The molecular weight excluding hydrogens is 324 g/mol. The number of thioether (sulfide) groups is 1. The molecule has 2 aliphatic rings. The number of amidine groups is 1. The molecule has 0 N–H and O–H groups in total. The van der Waals surface area contributed by atoms with Crippen LogP contribution in [0.15, 0.2) is 29.3 Å². The van der Waals surface area contributed by atoms with E-state index < -0.39 is 0 Å². The Balaban J connectivity index is 1.60. The van der Waals surface area contributed by atoms with Crippen LogP contribution in [-0.2, 0) is 18.4 Å². The van der Waals surface area contributed by atoms with E-state index in [1.807, 2.05) is 11.8 Å². The van der Waals surface area contributed by atoms with Crippen molar-refractivity contribution in [2.45, 2.75) is 45.2 Å². The summed E-state index contributed by atoms with van der Waals surface area (Å²) < 4.78 is 0. The smallest absolute Gasteiger partial charge is 0.234 e. The van der Waals surface area contributed by atoms with Gasteiger partial charge in [0, 0.05) is 23.8 Å². The fourth-order valence-electron chi connectivity index (χ4n) is 2.96. The minimum atomic E-state index is 0.0333. The molecule has 4 rings (SSSR count). The van der Waals surface area contributed by atoms with Crippen molar-refractivity contribution in [3.05, 3.63) is 40.4 Å². The topological polar surface area (TPSA) is 41.4 Å². The third kappa shape index (κ3) is 2.90. The van der Waals surface area contributed by atoms with Gasteiger partial charge in [0.05, 0.1) is 0 Å². The van der Waals surface area contributed by atoms with Gasteiger partial charge in [-0.05, 0) is 17.5 Å². The van der Waals surface area contributed by atoms with Gasteiger partial charge in [-0.2, -0.15) is 4.99 Å². The van der Waals surface area contributed by atoms with Gasteiger partial charge in [0.25, 0.3) is 0 Å². The van der Waals surface area contributed by atoms with Crippen LogP contribution in [-0.4, -0.2) is 32.1 Å². The minimum Gasteiger partial charge on any atom is -0.343 e. The first kappa shape index (κ1) is 15.1. The zero-order valence-corrected chi connectivity index (χ0v) is 15.2. The molecule has 0 saturated carbocycles. The maximum absolute atomic E-state index is 4.80. The summed E-state index contributed by atoms with van der Waals surface area (Å²) in [6, 6.07) is 9.31. The molecule has 23 heavy (non-hydrogen) atoms. The number of nitrogens with zero attached hydrogens (tertiary/aromatic N) is 4. The molecule has 1 fully saturated rings. The number of hydrogen-bond acceptors (Lipinski definition) is 5. The molecule has 0 radical (unpaired) electrons. The molecule has 0 amide bonds. The number of fused-ring (bicyclic) bond motifs is 2. The van der Waals surface area contributed by atoms with E-state index in [4.69, 9.17) is 4.99 Å². The van der Waals surface area contributed by atoms with Crippen LogP contribution in [0.4, 0.5) is 5.13 Å². The lowest BCUT2D eigenvalue weighted by Crippen LogP contribution is -2.38. The minimum absolute atomic E-state index is 0.0333. The Morgan fingerprint density at radius 3 is 2.70 bits per heavy atom. The first-order valence-electron chi connectivity index (χ1n) is 7.89. The van der Waals surface area contributed by atoms with Gasteiger partial charge in [-0.3, -0.25) is 0 Å². The Hall–Kier alpha value is -1.40. The van der Waals surface area contributed by atoms with Gasteiger partial charge in [0.15, 0.2) is 5.17 Å². The molecule has 0 aliphatic carbocycles. The Bertz CT molecular complexity index is 760. The van der Waals surface area contributed by atoms with Crippen LogP contribution in [0.1, 0.15) is 36.9 Å². The van der Waals surface area contributed by atoms with E-state index in [1.54, 1.807) is 11.3 Å². The Morgan fingerprint density at radius 1 is 1.17 bits per heavy atom. The number of rotatable bonds is 1. The van der Waals surface area contributed by atoms with E-state index in [9.17, 15) is 0 Å². The molecule has 3 heterocycles. The zero-order chi connectivity index (χ0) is 16.0. The average molecular weight is 345 g/mol. The van der Waals surface area contributed by atoms with Crippen LogP contribution >= 0.6 is 23.1 Å². The Labute approximate surface area is 145 Å². The number of aliphatic imine (C=N–C) groups is 1. The highest BCUT2D eigenvalue weighted by atomic mass is 32.2. The molecule has 1 aromatic carbocycles. The molecule has 2 aliphatic heterocycles. The summed E-state index contributed by atoms with van der Waals surface area (Å²) in [6.07, 6.45) is 1.12. The van der Waals surface area contributed by atoms with Crippen LogP contribution in [0.25, 0.3) is 0 Å². The summed E-state index contributed by atoms with van der Waals surface area (Å²) in [7, 11) is 0. The predicted molar refractivity (Wildman–Crippen MR) is 97.6 cm³/mol. The molecule has 0 unspecified atom stereocenters. The second kappa shape index (κ2) is 5.60. The van der Waals surface area contributed by atoms with Crippen LogP contribution in [0.2, 0.25) is 0 Å². The summed E-state index contributed by atoms with van der Waals surface area (Å²) in [5.74, 6) is 1.11. The van der Waals surface area contributed by atoms with E-state index in [0.29, 0.717) is 6.04 Å². The predicted octanol–water partition coefficient (Wildman–Crippen LogP) is 4.00. The van der Waals surface area contributed by atoms with E-state index in [1.165, 1.54) is 11.1 Å². The van der Waals surface area contributed by atoms with Crippen LogP contribution < -0.4 is 0 Å². The van der Waals surface area contributed by atoms with Crippen molar-refractivity contribution < 1.29 is 0 Å². The first-order chi connectivity index (χ1) is 11.0. The van der Waals surface area contributed by atoms with Crippen molar-refractivity contribution in [3.63, 3.8) is 0 Å². The van der Waals surface area contributed by atoms with Crippen molar-refractivity contribution in [2.75, 3.05) is 5.75 Å². The second-order valence-corrected chi connectivity index (χ2v) is 9.04. The third-order valence-electron chi connectivity index (χ3n) is 4.25. The van der Waals surface area contributed by atoms with Crippen molar-refractivity contribution in [3.8, 4) is 0 Å². The molecule has 1 aromatic heterocycles. The van der Waals surface area contributed by atoms with Gasteiger partial charge in [-0.25, -0.2) is 0 Å². The number of hydrogen-bond donors (Lipinski definition) is 0. The third-order valence-corrected chi connectivity index (χ3v) is 6.63. The van der Waals surface area contributed by atoms with Crippen molar-refractivity contribution >= 4 is 33.4 Å². The quantitative estimate of drug-likeness (QED) is 0.784. The highest BCUT2D eigenvalue weighted by Crippen LogP contribution is 2.36. The highest BCUT2D eigenvalue weighted by Gasteiger charge is 2.34. The maximum atomic E-state index is 4.80. The summed E-state index contributed by atoms with van der Waals surface area (Å²) >= 11 is 3.45. The average Bonchev–Trinajstić information content (AvgIpc) is 3.13. The highest BCUT2D eigenvalue weighted by molar-refractivity contribution is 8.14. The van der Waals surface area contributed by atoms with Crippen molar-refractivity contribution in [2.24, 2.45) is 4.99 Å². The standard InChI is InChI=1S/C17H20N4S2/c1-17(2,3)14-19-20-15(23-14)18-16-21-9-12-7-5-4-6-11(12)8-13(21)10-22-16/h4-7,13H,8-10H2,1-3H3/b18-16-/t13-/m0/s1.